The lowest BCUT2D eigenvalue weighted by Crippen LogP contribution is -2.41. The van der Waals surface area contributed by atoms with Gasteiger partial charge in [-0.2, -0.15) is 0 Å². The van der Waals surface area contributed by atoms with Crippen molar-refractivity contribution in [2.24, 2.45) is 5.92 Å². The Kier molecular flexibility index (Phi) is 4.92. The monoisotopic (exact) mass is 314 g/mol. The zero-order valence-corrected chi connectivity index (χ0v) is 13.0. The number of amides is 2. The minimum atomic E-state index is -0.164. The van der Waals surface area contributed by atoms with Crippen LogP contribution in [0.1, 0.15) is 18.7 Å². The molecule has 0 radical (unpaired) electrons. The van der Waals surface area contributed by atoms with Crippen LogP contribution in [0.25, 0.3) is 11.0 Å². The molecule has 4 N–H and O–H groups in total. The molecule has 1 aliphatic carbocycles. The van der Waals surface area contributed by atoms with Gasteiger partial charge in [0.05, 0.1) is 11.0 Å². The maximum atomic E-state index is 11.8. The highest BCUT2D eigenvalue weighted by molar-refractivity contribution is 5.75. The molecule has 1 aromatic carbocycles. The van der Waals surface area contributed by atoms with Gasteiger partial charge in [-0.1, -0.05) is 24.3 Å². The van der Waals surface area contributed by atoms with E-state index in [1.54, 1.807) is 0 Å². The van der Waals surface area contributed by atoms with Crippen molar-refractivity contribution in [3.8, 4) is 0 Å². The van der Waals surface area contributed by atoms with E-state index < -0.39 is 0 Å². The van der Waals surface area contributed by atoms with Crippen LogP contribution in [0.5, 0.6) is 0 Å². The van der Waals surface area contributed by atoms with Crippen LogP contribution in [-0.4, -0.2) is 40.3 Å². The Balaban J connectivity index is 1.36. The summed E-state index contributed by atoms with van der Waals surface area (Å²) in [4.78, 5) is 19.6. The first-order valence-corrected chi connectivity index (χ1v) is 8.02. The number of aryl methyl sites for hydroxylation is 1. The Morgan fingerprint density at radius 1 is 1.35 bits per heavy atom. The summed E-state index contributed by atoms with van der Waals surface area (Å²) in [6, 6.07) is 7.79. The molecule has 0 spiro atoms. The highest BCUT2D eigenvalue weighted by Gasteiger charge is 2.19. The molecule has 6 nitrogen and oxygen atoms in total. The summed E-state index contributed by atoms with van der Waals surface area (Å²) in [5.74, 6) is 1.10. The van der Waals surface area contributed by atoms with Gasteiger partial charge in [-0.25, -0.2) is 9.78 Å². The van der Waals surface area contributed by atoms with Gasteiger partial charge in [0.1, 0.15) is 5.82 Å². The van der Waals surface area contributed by atoms with Crippen LogP contribution in [0, 0.1) is 5.92 Å². The fourth-order valence-electron chi connectivity index (χ4n) is 2.82. The number of urea groups is 1. The molecule has 0 unspecified atom stereocenters. The van der Waals surface area contributed by atoms with Crippen molar-refractivity contribution in [3.05, 3.63) is 42.2 Å². The molecular weight excluding hydrogens is 292 g/mol. The van der Waals surface area contributed by atoms with Crippen molar-refractivity contribution in [2.45, 2.75) is 25.3 Å². The molecule has 122 valence electrons. The number of fused-ring (bicyclic) bond motifs is 1. The van der Waals surface area contributed by atoms with Gasteiger partial charge >= 0.3 is 6.03 Å². The van der Waals surface area contributed by atoms with Gasteiger partial charge in [0.25, 0.3) is 0 Å². The molecule has 2 aromatic rings. The lowest BCUT2D eigenvalue weighted by Gasteiger charge is -2.13. The number of aliphatic hydroxyl groups is 1. The summed E-state index contributed by atoms with van der Waals surface area (Å²) in [6.07, 6.45) is 6.28. The molecule has 2 atom stereocenters. The van der Waals surface area contributed by atoms with E-state index >= 15 is 0 Å². The van der Waals surface area contributed by atoms with E-state index in [9.17, 15) is 4.79 Å². The van der Waals surface area contributed by atoms with Crippen LogP contribution >= 0.6 is 0 Å². The molecule has 0 saturated heterocycles. The summed E-state index contributed by atoms with van der Waals surface area (Å²) in [7, 11) is 0. The third kappa shape index (κ3) is 4.10. The minimum absolute atomic E-state index is 0.0162. The predicted molar refractivity (Wildman–Crippen MR) is 89.1 cm³/mol. The lowest BCUT2D eigenvalue weighted by molar-refractivity contribution is 0.231. The van der Waals surface area contributed by atoms with Crippen molar-refractivity contribution in [3.63, 3.8) is 0 Å². The second-order valence-corrected chi connectivity index (χ2v) is 5.87. The Labute approximate surface area is 135 Å². The number of benzene rings is 1. The number of H-pyrrole nitrogens is 1. The molecule has 1 aliphatic rings. The summed E-state index contributed by atoms with van der Waals surface area (Å²) in [5.41, 5.74) is 2.01. The first-order valence-electron chi connectivity index (χ1n) is 8.02. The number of aliphatic hydroxyl groups excluding tert-OH is 1. The van der Waals surface area contributed by atoms with Gasteiger partial charge in [0, 0.05) is 31.5 Å². The standard InChI is InChI=1S/C17H22N4O2/c22-11-12-7-8-13(10-12)19-17(23)18-9-3-6-16-20-14-4-1-2-5-15(14)21-16/h1-2,4-5,7-8,12-13,22H,3,6,9-11H2,(H,20,21)(H2,18,19,23)/t12-,13+/m0/s1. The van der Waals surface area contributed by atoms with Crippen LogP contribution in [0.15, 0.2) is 36.4 Å². The zero-order valence-electron chi connectivity index (χ0n) is 13.0. The van der Waals surface area contributed by atoms with Crippen LogP contribution in [0.3, 0.4) is 0 Å². The number of nitrogens with one attached hydrogen (secondary N) is 3. The number of para-hydroxylation sites is 2. The quantitative estimate of drug-likeness (QED) is 0.483. The fourth-order valence-corrected chi connectivity index (χ4v) is 2.82. The van der Waals surface area contributed by atoms with Crippen molar-refractivity contribution in [2.75, 3.05) is 13.2 Å². The molecular formula is C17H22N4O2. The molecule has 23 heavy (non-hydrogen) atoms. The third-order valence-corrected chi connectivity index (χ3v) is 4.04. The number of hydrogen-bond acceptors (Lipinski definition) is 3. The van der Waals surface area contributed by atoms with E-state index in [0.29, 0.717) is 6.54 Å². The van der Waals surface area contributed by atoms with E-state index in [4.69, 9.17) is 5.11 Å². The second-order valence-electron chi connectivity index (χ2n) is 5.87. The summed E-state index contributed by atoms with van der Waals surface area (Å²) in [6.45, 7) is 0.733. The van der Waals surface area contributed by atoms with E-state index in [1.807, 2.05) is 36.4 Å². The Morgan fingerprint density at radius 3 is 3.00 bits per heavy atom. The first-order chi connectivity index (χ1) is 11.2. The number of hydrogen-bond donors (Lipinski definition) is 4. The molecule has 3 rings (SSSR count). The molecule has 1 heterocycles. The summed E-state index contributed by atoms with van der Waals surface area (Å²) >= 11 is 0. The normalized spacial score (nSPS) is 20.0. The van der Waals surface area contributed by atoms with Gasteiger partial charge in [0.2, 0.25) is 0 Å². The summed E-state index contributed by atoms with van der Waals surface area (Å²) < 4.78 is 0. The number of aromatic amines is 1. The van der Waals surface area contributed by atoms with Gasteiger partial charge in [0.15, 0.2) is 0 Å². The smallest absolute Gasteiger partial charge is 0.315 e. The maximum absolute atomic E-state index is 11.8. The minimum Gasteiger partial charge on any atom is -0.396 e. The zero-order chi connectivity index (χ0) is 16.1. The van der Waals surface area contributed by atoms with Crippen molar-refractivity contribution in [1.82, 2.24) is 20.6 Å². The van der Waals surface area contributed by atoms with Crippen LogP contribution in [-0.2, 0) is 6.42 Å². The predicted octanol–water partition coefficient (Wildman–Crippen LogP) is 1.73. The van der Waals surface area contributed by atoms with Crippen molar-refractivity contribution in [1.29, 1.82) is 0 Å². The number of carbonyl (C=O) groups is 1. The Hall–Kier alpha value is -2.34. The SMILES string of the molecule is O=C(NCCCc1nc2ccccc2[nH]1)N[C@@H]1C=C[C@H](CO)C1. The first kappa shape index (κ1) is 15.6. The molecule has 0 fully saturated rings. The largest absolute Gasteiger partial charge is 0.396 e. The average molecular weight is 314 g/mol. The van der Waals surface area contributed by atoms with E-state index in [2.05, 4.69) is 20.6 Å². The fraction of sp³-hybridized carbons (Fsp3) is 0.412. The van der Waals surface area contributed by atoms with E-state index in [0.717, 1.165) is 36.1 Å². The second kappa shape index (κ2) is 7.28. The number of rotatable bonds is 6. The van der Waals surface area contributed by atoms with Crippen molar-refractivity contribution < 1.29 is 9.90 Å². The number of aromatic nitrogens is 2. The highest BCUT2D eigenvalue weighted by atomic mass is 16.3. The van der Waals surface area contributed by atoms with E-state index in [1.165, 1.54) is 0 Å². The maximum Gasteiger partial charge on any atom is 0.315 e. The molecule has 0 aliphatic heterocycles. The topological polar surface area (TPSA) is 90.0 Å². The molecule has 0 bridgehead atoms. The molecule has 2 amide bonds. The number of imidazole rings is 1. The molecule has 6 heteroatoms. The number of nitrogens with zero attached hydrogens (tertiary/aromatic N) is 1. The van der Waals surface area contributed by atoms with E-state index in [-0.39, 0.29) is 24.6 Å². The lowest BCUT2D eigenvalue weighted by atomic mass is 10.1. The summed E-state index contributed by atoms with van der Waals surface area (Å²) in [5, 5.41) is 14.8. The van der Waals surface area contributed by atoms with Gasteiger partial charge in [-0.3, -0.25) is 0 Å². The van der Waals surface area contributed by atoms with Gasteiger partial charge in [-0.15, -0.1) is 0 Å². The Bertz CT molecular complexity index is 662. The van der Waals surface area contributed by atoms with Crippen molar-refractivity contribution >= 4 is 17.1 Å². The van der Waals surface area contributed by atoms with Crippen LogP contribution in [0.2, 0.25) is 0 Å². The van der Waals surface area contributed by atoms with Gasteiger partial charge in [-0.05, 0) is 25.0 Å². The van der Waals surface area contributed by atoms with Gasteiger partial charge < -0.3 is 20.7 Å². The Morgan fingerprint density at radius 2 is 2.22 bits per heavy atom. The van der Waals surface area contributed by atoms with Crippen LogP contribution < -0.4 is 10.6 Å². The number of carbonyl (C=O) groups excluding carboxylic acids is 1. The third-order valence-electron chi connectivity index (χ3n) is 4.04. The average Bonchev–Trinajstić information content (AvgIpc) is 3.17. The molecule has 0 saturated carbocycles. The highest BCUT2D eigenvalue weighted by Crippen LogP contribution is 2.16. The van der Waals surface area contributed by atoms with Crippen LogP contribution in [0.4, 0.5) is 4.79 Å². The molecule has 1 aromatic heterocycles.